The van der Waals surface area contributed by atoms with Crippen molar-refractivity contribution in [3.8, 4) is 0 Å². The number of nitrogens with one attached hydrogen (secondary N) is 1. The molecular weight excluding hydrogens is 348 g/mol. The number of rotatable bonds is 6. The first kappa shape index (κ1) is 18.3. The second-order valence-electron chi connectivity index (χ2n) is 5.37. The second kappa shape index (κ2) is 7.25. The van der Waals surface area contributed by atoms with Gasteiger partial charge in [-0.2, -0.15) is 0 Å². The van der Waals surface area contributed by atoms with Crippen LogP contribution in [0.2, 0.25) is 0 Å². The molecule has 3 N–H and O–H groups in total. The minimum atomic E-state index is -3.83. The van der Waals surface area contributed by atoms with Gasteiger partial charge in [0.2, 0.25) is 15.9 Å². The van der Waals surface area contributed by atoms with Crippen molar-refractivity contribution < 1.29 is 18.0 Å². The number of thiophene rings is 1. The van der Waals surface area contributed by atoms with Gasteiger partial charge in [0.25, 0.3) is 0 Å². The summed E-state index contributed by atoms with van der Waals surface area (Å²) in [5.74, 6) is -0.440. The van der Waals surface area contributed by atoms with E-state index in [9.17, 15) is 18.0 Å². The van der Waals surface area contributed by atoms with Gasteiger partial charge in [0, 0.05) is 33.8 Å². The smallest absolute Gasteiger partial charge is 0.238 e. The maximum absolute atomic E-state index is 12.2. The van der Waals surface area contributed by atoms with Gasteiger partial charge in [0.1, 0.15) is 0 Å². The van der Waals surface area contributed by atoms with Gasteiger partial charge in [-0.05, 0) is 38.1 Å². The molecule has 0 saturated carbocycles. The predicted octanol–water partition coefficient (Wildman–Crippen LogP) is 2.61. The molecule has 0 spiro atoms. The fraction of sp³-hybridized carbons (Fsp3) is 0.250. The van der Waals surface area contributed by atoms with Crippen LogP contribution in [0, 0.1) is 13.8 Å². The summed E-state index contributed by atoms with van der Waals surface area (Å²) in [6.07, 6.45) is 0.116. The molecule has 1 aromatic carbocycles. The Balaban J connectivity index is 1.97. The molecule has 128 valence electrons. The highest BCUT2D eigenvalue weighted by Gasteiger charge is 2.14. The average Bonchev–Trinajstić information content (AvgIpc) is 2.83. The van der Waals surface area contributed by atoms with Crippen LogP contribution in [0.5, 0.6) is 0 Å². The molecule has 0 radical (unpaired) electrons. The molecule has 0 aliphatic carbocycles. The zero-order chi connectivity index (χ0) is 17.9. The molecular formula is C16H18N2O4S2. The zero-order valence-electron chi connectivity index (χ0n) is 13.3. The number of anilines is 1. The third kappa shape index (κ3) is 4.73. The molecule has 1 amide bonds. The molecule has 2 aromatic rings. The van der Waals surface area contributed by atoms with E-state index in [4.69, 9.17) is 5.14 Å². The normalized spacial score (nSPS) is 11.3. The monoisotopic (exact) mass is 366 g/mol. The minimum absolute atomic E-state index is 0.0206. The van der Waals surface area contributed by atoms with E-state index >= 15 is 0 Å². The topological polar surface area (TPSA) is 106 Å². The maximum Gasteiger partial charge on any atom is 0.238 e. The Morgan fingerprint density at radius 1 is 1.17 bits per heavy atom. The molecule has 0 unspecified atom stereocenters. The molecule has 0 saturated heterocycles. The molecule has 6 nitrogen and oxygen atoms in total. The number of Topliss-reactive ketones (excluding diaryl/α,β-unsaturated/α-hetero) is 1. The van der Waals surface area contributed by atoms with Crippen molar-refractivity contribution in [1.29, 1.82) is 0 Å². The molecule has 24 heavy (non-hydrogen) atoms. The lowest BCUT2D eigenvalue weighted by Crippen LogP contribution is -2.15. The summed E-state index contributed by atoms with van der Waals surface area (Å²) in [5, 5.41) is 7.62. The second-order valence-corrected chi connectivity index (χ2v) is 8.39. The van der Waals surface area contributed by atoms with E-state index < -0.39 is 10.0 Å². The first-order chi connectivity index (χ1) is 11.2. The molecule has 1 aromatic heterocycles. The molecule has 0 bridgehead atoms. The fourth-order valence-corrected chi connectivity index (χ4v) is 3.75. The number of amides is 1. The summed E-state index contributed by atoms with van der Waals surface area (Å²) >= 11 is 1.55. The Morgan fingerprint density at radius 3 is 2.46 bits per heavy atom. The molecule has 0 aliphatic heterocycles. The van der Waals surface area contributed by atoms with Crippen LogP contribution >= 0.6 is 11.3 Å². The Bertz CT molecular complexity index is 885. The minimum Gasteiger partial charge on any atom is -0.326 e. The Kier molecular flexibility index (Phi) is 5.53. The number of carbonyl (C=O) groups excluding carboxylic acids is 2. The van der Waals surface area contributed by atoms with Gasteiger partial charge in [-0.25, -0.2) is 13.6 Å². The van der Waals surface area contributed by atoms with Crippen LogP contribution in [0.4, 0.5) is 5.69 Å². The van der Waals surface area contributed by atoms with Crippen LogP contribution in [0.1, 0.15) is 33.0 Å². The highest BCUT2D eigenvalue weighted by atomic mass is 32.2. The molecule has 0 fully saturated rings. The lowest BCUT2D eigenvalue weighted by molar-refractivity contribution is -0.116. The number of carbonyl (C=O) groups is 2. The number of hydrogen-bond acceptors (Lipinski definition) is 5. The Labute approximate surface area is 144 Å². The van der Waals surface area contributed by atoms with E-state index in [1.165, 1.54) is 18.2 Å². The highest BCUT2D eigenvalue weighted by Crippen LogP contribution is 2.22. The van der Waals surface area contributed by atoms with Gasteiger partial charge >= 0.3 is 0 Å². The summed E-state index contributed by atoms with van der Waals surface area (Å²) < 4.78 is 22.6. The van der Waals surface area contributed by atoms with Gasteiger partial charge in [-0.1, -0.05) is 6.07 Å². The van der Waals surface area contributed by atoms with Crippen LogP contribution < -0.4 is 10.5 Å². The summed E-state index contributed by atoms with van der Waals surface area (Å²) in [4.78, 5) is 26.0. The van der Waals surface area contributed by atoms with E-state index in [2.05, 4.69) is 5.32 Å². The van der Waals surface area contributed by atoms with Gasteiger partial charge < -0.3 is 5.32 Å². The van der Waals surface area contributed by atoms with Crippen LogP contribution in [-0.4, -0.2) is 20.1 Å². The van der Waals surface area contributed by atoms with Crippen LogP contribution in [-0.2, 0) is 14.8 Å². The number of ketones is 1. The highest BCUT2D eigenvalue weighted by molar-refractivity contribution is 7.89. The summed E-state index contributed by atoms with van der Waals surface area (Å²) in [5.41, 5.74) is 0.975. The van der Waals surface area contributed by atoms with E-state index in [0.29, 0.717) is 11.3 Å². The van der Waals surface area contributed by atoms with E-state index in [-0.39, 0.29) is 29.4 Å². The van der Waals surface area contributed by atoms with Crippen molar-refractivity contribution in [2.24, 2.45) is 5.14 Å². The number of benzene rings is 1. The van der Waals surface area contributed by atoms with E-state index in [1.54, 1.807) is 17.4 Å². The van der Waals surface area contributed by atoms with Crippen LogP contribution in [0.3, 0.4) is 0 Å². The zero-order valence-corrected chi connectivity index (χ0v) is 15.0. The molecule has 1 heterocycles. The lowest BCUT2D eigenvalue weighted by atomic mass is 10.1. The van der Waals surface area contributed by atoms with Crippen molar-refractivity contribution in [3.05, 3.63) is 45.6 Å². The number of sulfonamides is 1. The third-order valence-corrected chi connectivity index (χ3v) is 5.24. The largest absolute Gasteiger partial charge is 0.326 e. The quantitative estimate of drug-likeness (QED) is 0.766. The van der Waals surface area contributed by atoms with E-state index in [1.807, 2.05) is 19.9 Å². The average molecular weight is 366 g/mol. The van der Waals surface area contributed by atoms with Gasteiger partial charge in [0.15, 0.2) is 5.78 Å². The van der Waals surface area contributed by atoms with Gasteiger partial charge in [-0.15, -0.1) is 11.3 Å². The fourth-order valence-electron chi connectivity index (χ4n) is 2.24. The Hall–Kier alpha value is -2.03. The number of aryl methyl sites for hydroxylation is 2. The molecule has 8 heteroatoms. The van der Waals surface area contributed by atoms with Crippen LogP contribution in [0.15, 0.2) is 35.2 Å². The molecule has 0 atom stereocenters. The summed E-state index contributed by atoms with van der Waals surface area (Å²) in [7, 11) is -3.83. The van der Waals surface area contributed by atoms with Crippen molar-refractivity contribution >= 4 is 38.7 Å². The number of primary sulfonamides is 1. The molecule has 0 aliphatic rings. The van der Waals surface area contributed by atoms with Crippen molar-refractivity contribution in [2.75, 3.05) is 5.32 Å². The third-order valence-electron chi connectivity index (χ3n) is 3.37. The summed E-state index contributed by atoms with van der Waals surface area (Å²) in [6.45, 7) is 3.81. The van der Waals surface area contributed by atoms with Crippen molar-refractivity contribution in [2.45, 2.75) is 31.6 Å². The first-order valence-electron chi connectivity index (χ1n) is 7.20. The lowest BCUT2D eigenvalue weighted by Gasteiger charge is -2.06. The van der Waals surface area contributed by atoms with Crippen molar-refractivity contribution in [1.82, 2.24) is 0 Å². The predicted molar refractivity (Wildman–Crippen MR) is 93.8 cm³/mol. The Morgan fingerprint density at radius 2 is 1.88 bits per heavy atom. The SMILES string of the molecule is Cc1cc(C(=O)CCC(=O)Nc2cccc(S(N)(=O)=O)c2)c(C)s1. The number of nitrogens with two attached hydrogens (primary N) is 1. The van der Waals surface area contributed by atoms with Crippen LogP contribution in [0.25, 0.3) is 0 Å². The molecule has 2 rings (SSSR count). The van der Waals surface area contributed by atoms with Gasteiger partial charge in [-0.3, -0.25) is 9.59 Å². The number of hydrogen-bond donors (Lipinski definition) is 2. The van der Waals surface area contributed by atoms with Gasteiger partial charge in [0.05, 0.1) is 4.90 Å². The van der Waals surface area contributed by atoms with E-state index in [0.717, 1.165) is 9.75 Å². The van der Waals surface area contributed by atoms with Crippen molar-refractivity contribution in [3.63, 3.8) is 0 Å². The standard InChI is InChI=1S/C16H18N2O4S2/c1-10-8-14(11(2)23-10)15(19)6-7-16(20)18-12-4-3-5-13(9-12)24(17,21)22/h3-5,8-9H,6-7H2,1-2H3,(H,18,20)(H2,17,21,22). The summed E-state index contributed by atoms with van der Waals surface area (Å²) in [6, 6.07) is 7.49. The maximum atomic E-state index is 12.2. The first-order valence-corrected chi connectivity index (χ1v) is 9.56.